The molecule has 0 bridgehead atoms. The van der Waals surface area contributed by atoms with E-state index in [0.717, 1.165) is 37.4 Å². The van der Waals surface area contributed by atoms with E-state index in [1.54, 1.807) is 0 Å². The Balaban J connectivity index is 1.58. The van der Waals surface area contributed by atoms with Gasteiger partial charge in [-0.2, -0.15) is 0 Å². The first-order valence-corrected chi connectivity index (χ1v) is 7.56. The largest absolute Gasteiger partial charge is 0.341 e. The number of carbonyl (C=O) groups is 1. The van der Waals surface area contributed by atoms with Gasteiger partial charge in [-0.15, -0.1) is 0 Å². The highest BCUT2D eigenvalue weighted by Crippen LogP contribution is 2.26. The quantitative estimate of drug-likeness (QED) is 0.848. The van der Waals surface area contributed by atoms with Crippen LogP contribution < -0.4 is 4.90 Å². The van der Waals surface area contributed by atoms with Gasteiger partial charge >= 0.3 is 0 Å². The van der Waals surface area contributed by atoms with E-state index in [1.165, 1.54) is 0 Å². The lowest BCUT2D eigenvalue weighted by Crippen LogP contribution is -2.46. The maximum atomic E-state index is 12.7. The molecule has 0 radical (unpaired) electrons. The zero-order valence-corrected chi connectivity index (χ0v) is 12.3. The molecule has 0 saturated carbocycles. The van der Waals surface area contributed by atoms with Gasteiger partial charge in [-0.1, -0.05) is 0 Å². The van der Waals surface area contributed by atoms with Gasteiger partial charge in [0.15, 0.2) is 0 Å². The predicted octanol–water partition coefficient (Wildman–Crippen LogP) is 1.57. The maximum absolute atomic E-state index is 12.7. The number of piperidine rings is 1. The standard InChI is InChI=1S/C15H21FN4O/c1-11-8-17-15(18-9-11)19-4-2-13(3-5-19)20-10-12(7-16)6-14(20)21/h8-9,12-13H,2-7,10H2,1H3. The van der Waals surface area contributed by atoms with Crippen LogP contribution in [0.2, 0.25) is 0 Å². The Bertz CT molecular complexity index is 499. The fourth-order valence-corrected chi connectivity index (χ4v) is 3.19. The van der Waals surface area contributed by atoms with Gasteiger partial charge in [-0.3, -0.25) is 9.18 Å². The number of hydrogen-bond donors (Lipinski definition) is 0. The Morgan fingerprint density at radius 2 is 1.95 bits per heavy atom. The summed E-state index contributed by atoms with van der Waals surface area (Å²) < 4.78 is 12.7. The number of rotatable bonds is 3. The van der Waals surface area contributed by atoms with Gasteiger partial charge in [-0.25, -0.2) is 9.97 Å². The van der Waals surface area contributed by atoms with Crippen LogP contribution in [0.3, 0.4) is 0 Å². The molecule has 1 atom stereocenters. The fraction of sp³-hybridized carbons (Fsp3) is 0.667. The molecule has 0 aromatic carbocycles. The number of nitrogens with zero attached hydrogens (tertiary/aromatic N) is 4. The van der Waals surface area contributed by atoms with Crippen LogP contribution in [0.4, 0.5) is 10.3 Å². The summed E-state index contributed by atoms with van der Waals surface area (Å²) in [4.78, 5) is 24.7. The molecule has 5 nitrogen and oxygen atoms in total. The molecule has 21 heavy (non-hydrogen) atoms. The van der Waals surface area contributed by atoms with Gasteiger partial charge in [0, 0.05) is 50.4 Å². The average Bonchev–Trinajstić information content (AvgIpc) is 2.89. The lowest BCUT2D eigenvalue weighted by Gasteiger charge is -2.36. The van der Waals surface area contributed by atoms with E-state index in [1.807, 2.05) is 24.2 Å². The van der Waals surface area contributed by atoms with Gasteiger partial charge < -0.3 is 9.80 Å². The Hall–Kier alpha value is -1.72. The minimum absolute atomic E-state index is 0.101. The SMILES string of the molecule is Cc1cnc(N2CCC(N3CC(CF)CC3=O)CC2)nc1. The van der Waals surface area contributed by atoms with Crippen LogP contribution >= 0.6 is 0 Å². The summed E-state index contributed by atoms with van der Waals surface area (Å²) >= 11 is 0. The van der Waals surface area contributed by atoms with Crippen LogP contribution in [0.15, 0.2) is 12.4 Å². The smallest absolute Gasteiger partial charge is 0.225 e. The van der Waals surface area contributed by atoms with Gasteiger partial charge in [0.1, 0.15) is 0 Å². The van der Waals surface area contributed by atoms with Crippen LogP contribution in [-0.4, -0.2) is 53.1 Å². The van der Waals surface area contributed by atoms with E-state index < -0.39 is 6.67 Å². The Kier molecular flexibility index (Phi) is 4.03. The normalized spacial score (nSPS) is 23.9. The molecule has 2 aliphatic heterocycles. The fourth-order valence-electron chi connectivity index (χ4n) is 3.19. The molecule has 6 heteroatoms. The summed E-state index contributed by atoms with van der Waals surface area (Å²) in [5, 5.41) is 0. The van der Waals surface area contributed by atoms with Crippen LogP contribution in [0.5, 0.6) is 0 Å². The summed E-state index contributed by atoms with van der Waals surface area (Å²) in [6, 6.07) is 0.246. The molecule has 3 rings (SSSR count). The second-order valence-electron chi connectivity index (χ2n) is 6.05. The van der Waals surface area contributed by atoms with E-state index in [-0.39, 0.29) is 17.9 Å². The topological polar surface area (TPSA) is 49.3 Å². The lowest BCUT2D eigenvalue weighted by atomic mass is 10.0. The van der Waals surface area contributed by atoms with Crippen molar-refractivity contribution in [2.45, 2.75) is 32.2 Å². The van der Waals surface area contributed by atoms with Crippen molar-refractivity contribution in [2.75, 3.05) is 31.2 Å². The number of alkyl halides is 1. The molecule has 2 fully saturated rings. The molecular weight excluding hydrogens is 271 g/mol. The highest BCUT2D eigenvalue weighted by Gasteiger charge is 2.35. The summed E-state index contributed by atoms with van der Waals surface area (Å²) in [6.45, 7) is 3.85. The minimum Gasteiger partial charge on any atom is -0.341 e. The Labute approximate surface area is 124 Å². The highest BCUT2D eigenvalue weighted by molar-refractivity contribution is 5.79. The van der Waals surface area contributed by atoms with Crippen molar-refractivity contribution in [1.82, 2.24) is 14.9 Å². The molecule has 0 N–H and O–H groups in total. The van der Waals surface area contributed by atoms with Crippen molar-refractivity contribution in [3.8, 4) is 0 Å². The second kappa shape index (κ2) is 5.95. The van der Waals surface area contributed by atoms with Crippen LogP contribution in [0.25, 0.3) is 0 Å². The zero-order chi connectivity index (χ0) is 14.8. The van der Waals surface area contributed by atoms with E-state index in [9.17, 15) is 9.18 Å². The third-order valence-electron chi connectivity index (χ3n) is 4.41. The number of hydrogen-bond acceptors (Lipinski definition) is 4. The maximum Gasteiger partial charge on any atom is 0.225 e. The molecule has 1 amide bonds. The lowest BCUT2D eigenvalue weighted by molar-refractivity contribution is -0.130. The van der Waals surface area contributed by atoms with Crippen LogP contribution in [0.1, 0.15) is 24.8 Å². The molecular formula is C15H21FN4O. The predicted molar refractivity (Wildman–Crippen MR) is 77.8 cm³/mol. The van der Waals surface area contributed by atoms with Gasteiger partial charge in [0.05, 0.1) is 6.67 Å². The molecule has 0 spiro atoms. The third-order valence-corrected chi connectivity index (χ3v) is 4.41. The molecule has 2 saturated heterocycles. The molecule has 2 aliphatic rings. The van der Waals surface area contributed by atoms with E-state index in [4.69, 9.17) is 0 Å². The molecule has 3 heterocycles. The summed E-state index contributed by atoms with van der Waals surface area (Å²) in [5.74, 6) is 0.770. The number of amides is 1. The first-order valence-electron chi connectivity index (χ1n) is 7.56. The molecule has 1 aromatic rings. The highest BCUT2D eigenvalue weighted by atomic mass is 19.1. The summed E-state index contributed by atoms with van der Waals surface area (Å²) in [6.07, 6.45) is 5.83. The number of aromatic nitrogens is 2. The number of likely N-dealkylation sites (tertiary alicyclic amines) is 1. The van der Waals surface area contributed by atoms with Crippen molar-refractivity contribution >= 4 is 11.9 Å². The molecule has 1 aromatic heterocycles. The van der Waals surface area contributed by atoms with E-state index in [2.05, 4.69) is 14.9 Å². The van der Waals surface area contributed by atoms with Gasteiger partial charge in [0.2, 0.25) is 11.9 Å². The first kappa shape index (κ1) is 14.2. The number of halogens is 1. The summed E-state index contributed by atoms with van der Waals surface area (Å²) in [7, 11) is 0. The first-order chi connectivity index (χ1) is 10.2. The van der Waals surface area contributed by atoms with Crippen molar-refractivity contribution in [1.29, 1.82) is 0 Å². The van der Waals surface area contributed by atoms with Gasteiger partial charge in [0.25, 0.3) is 0 Å². The molecule has 1 unspecified atom stereocenters. The van der Waals surface area contributed by atoms with E-state index >= 15 is 0 Å². The van der Waals surface area contributed by atoms with Crippen LogP contribution in [0, 0.1) is 12.8 Å². The number of anilines is 1. The van der Waals surface area contributed by atoms with Crippen molar-refractivity contribution in [3.05, 3.63) is 18.0 Å². The van der Waals surface area contributed by atoms with Gasteiger partial charge in [-0.05, 0) is 25.3 Å². The number of aryl methyl sites for hydroxylation is 1. The third kappa shape index (κ3) is 2.99. The van der Waals surface area contributed by atoms with E-state index in [0.29, 0.717) is 13.0 Å². The van der Waals surface area contributed by atoms with Crippen LogP contribution in [-0.2, 0) is 4.79 Å². The molecule has 114 valence electrons. The minimum atomic E-state index is -0.391. The van der Waals surface area contributed by atoms with Crippen molar-refractivity contribution < 1.29 is 9.18 Å². The second-order valence-corrected chi connectivity index (χ2v) is 6.05. The Morgan fingerprint density at radius 3 is 2.52 bits per heavy atom. The average molecular weight is 292 g/mol. The molecule has 0 aliphatic carbocycles. The summed E-state index contributed by atoms with van der Waals surface area (Å²) in [5.41, 5.74) is 1.05. The Morgan fingerprint density at radius 1 is 1.29 bits per heavy atom. The van der Waals surface area contributed by atoms with Crippen molar-refractivity contribution in [3.63, 3.8) is 0 Å². The number of carbonyl (C=O) groups excluding carboxylic acids is 1. The zero-order valence-electron chi connectivity index (χ0n) is 12.3. The van der Waals surface area contributed by atoms with Crippen molar-refractivity contribution in [2.24, 2.45) is 5.92 Å². The monoisotopic (exact) mass is 292 g/mol.